The van der Waals surface area contributed by atoms with Crippen LogP contribution < -0.4 is 9.64 Å². The van der Waals surface area contributed by atoms with Crippen LogP contribution in [0.25, 0.3) is 50.0 Å². The number of aromatic nitrogens is 1. The van der Waals surface area contributed by atoms with Gasteiger partial charge in [0.25, 0.3) is 0 Å². The van der Waals surface area contributed by atoms with Crippen LogP contribution >= 0.6 is 0 Å². The summed E-state index contributed by atoms with van der Waals surface area (Å²) in [7, 11) is 0. The van der Waals surface area contributed by atoms with Gasteiger partial charge in [-0.1, -0.05) is 121 Å². The van der Waals surface area contributed by atoms with Gasteiger partial charge in [0.1, 0.15) is 11.5 Å². The molecule has 2 aliphatic heterocycles. The van der Waals surface area contributed by atoms with Crippen molar-refractivity contribution in [3.63, 3.8) is 0 Å². The van der Waals surface area contributed by atoms with Gasteiger partial charge in [-0.15, -0.1) is 0 Å². The first kappa shape index (κ1) is 27.0. The van der Waals surface area contributed by atoms with Crippen molar-refractivity contribution in [1.29, 1.82) is 0 Å². The number of hydrogen-bond donors (Lipinski definition) is 0. The highest BCUT2D eigenvalue weighted by Gasteiger charge is 2.38. The third-order valence-electron chi connectivity index (χ3n) is 9.98. The van der Waals surface area contributed by atoms with Crippen molar-refractivity contribution < 1.29 is 4.74 Å². The van der Waals surface area contributed by atoms with E-state index < -0.39 is 0 Å². The Morgan fingerprint density at radius 2 is 1.33 bits per heavy atom. The molecule has 0 fully saturated rings. The van der Waals surface area contributed by atoms with Gasteiger partial charge in [-0.3, -0.25) is 0 Å². The van der Waals surface area contributed by atoms with Gasteiger partial charge < -0.3 is 9.64 Å². The van der Waals surface area contributed by atoms with Crippen LogP contribution in [0.2, 0.25) is 0 Å². The van der Waals surface area contributed by atoms with Gasteiger partial charge in [0.05, 0.1) is 17.4 Å². The van der Waals surface area contributed by atoms with Crippen molar-refractivity contribution >= 4 is 27.7 Å². The van der Waals surface area contributed by atoms with Crippen LogP contribution in [0.4, 0.5) is 11.4 Å². The summed E-state index contributed by atoms with van der Waals surface area (Å²) < 4.78 is 6.39. The first-order valence-electron chi connectivity index (χ1n) is 16.5. The molecule has 7 aromatic rings. The normalized spacial score (nSPS) is 16.9. The Bertz CT molecular complexity index is 2450. The lowest BCUT2D eigenvalue weighted by Gasteiger charge is -2.30. The van der Waals surface area contributed by atoms with Crippen molar-refractivity contribution in [3.05, 3.63) is 181 Å². The number of rotatable bonds is 4. The third kappa shape index (κ3) is 4.25. The average molecular weight is 615 g/mol. The number of ether oxygens (including phenoxy) is 1. The number of fused-ring (bicyclic) bond motifs is 5. The molecule has 1 aromatic heterocycles. The molecule has 6 aromatic carbocycles. The second kappa shape index (κ2) is 10.7. The predicted octanol–water partition coefficient (Wildman–Crippen LogP) is 11.6. The molecule has 0 saturated carbocycles. The highest BCUT2D eigenvalue weighted by molar-refractivity contribution is 6.04. The first-order chi connectivity index (χ1) is 23.8. The number of allylic oxidation sites excluding steroid dienone is 2. The number of pyridine rings is 1. The van der Waals surface area contributed by atoms with Crippen LogP contribution in [-0.2, 0) is 0 Å². The molecule has 0 radical (unpaired) electrons. The maximum atomic E-state index is 6.39. The second-order valence-corrected chi connectivity index (χ2v) is 12.7. The summed E-state index contributed by atoms with van der Waals surface area (Å²) in [6.07, 6.45) is 7.14. The second-order valence-electron chi connectivity index (χ2n) is 12.7. The molecule has 0 N–H and O–H groups in total. The van der Waals surface area contributed by atoms with Crippen LogP contribution in [0.5, 0.6) is 11.5 Å². The Kier molecular flexibility index (Phi) is 6.00. The standard InChI is InChI=1S/C45H30N2O/c1-2-10-29(11-3-1)39-18-9-19-40(46-39)33-14-6-15-34(26-33)47-41-20-5-4-16-35(41)37-27-31(22-24-42(37)47)32-23-25-43-38(28-32)36-17-7-12-30-13-8-21-44(48-43)45(30)36/h1-28,37,42H. The van der Waals surface area contributed by atoms with Crippen molar-refractivity contribution in [3.8, 4) is 45.1 Å². The van der Waals surface area contributed by atoms with Gasteiger partial charge in [-0.2, -0.15) is 0 Å². The van der Waals surface area contributed by atoms with E-state index in [1.165, 1.54) is 44.4 Å². The Balaban J connectivity index is 1.01. The minimum absolute atomic E-state index is 0.173. The number of nitrogens with zero attached hydrogens (tertiary/aromatic N) is 2. The minimum Gasteiger partial charge on any atom is -0.456 e. The Morgan fingerprint density at radius 1 is 0.562 bits per heavy atom. The van der Waals surface area contributed by atoms with Crippen LogP contribution in [0, 0.1) is 0 Å². The molecule has 0 bridgehead atoms. The summed E-state index contributed by atoms with van der Waals surface area (Å²) in [5.74, 6) is 2.06. The van der Waals surface area contributed by atoms with Gasteiger partial charge in [-0.25, -0.2) is 4.98 Å². The lowest BCUT2D eigenvalue weighted by molar-refractivity contribution is 0.487. The topological polar surface area (TPSA) is 25.4 Å². The molecule has 48 heavy (non-hydrogen) atoms. The zero-order valence-corrected chi connectivity index (χ0v) is 26.1. The van der Waals surface area contributed by atoms with Gasteiger partial charge in [0.15, 0.2) is 0 Å². The number of benzene rings is 6. The summed E-state index contributed by atoms with van der Waals surface area (Å²) in [6, 6.07) is 53.9. The van der Waals surface area contributed by atoms with Crippen molar-refractivity contribution in [1.82, 2.24) is 4.98 Å². The molecular weight excluding hydrogens is 585 g/mol. The Hall–Kier alpha value is -6.19. The minimum atomic E-state index is 0.173. The van der Waals surface area contributed by atoms with E-state index in [1.807, 2.05) is 6.07 Å². The van der Waals surface area contributed by atoms with E-state index in [4.69, 9.17) is 9.72 Å². The molecular formula is C45H30N2O. The first-order valence-corrected chi connectivity index (χ1v) is 16.5. The fraction of sp³-hybridized carbons (Fsp3) is 0.0444. The number of hydrogen-bond acceptors (Lipinski definition) is 3. The van der Waals surface area contributed by atoms with Crippen LogP contribution in [0.3, 0.4) is 0 Å². The fourth-order valence-corrected chi connectivity index (χ4v) is 7.77. The molecule has 3 nitrogen and oxygen atoms in total. The van der Waals surface area contributed by atoms with Crippen molar-refractivity contribution in [2.45, 2.75) is 12.0 Å². The SMILES string of the molecule is C1=CC2C(C=C1c1ccc3c(c1)-c1cccc4cccc(c14)O3)c1ccccc1N2c1cccc(-c2cccc(-c3ccccc3)n2)c1. The van der Waals surface area contributed by atoms with Gasteiger partial charge in [-0.05, 0) is 76.2 Å². The molecule has 2 unspecified atom stereocenters. The van der Waals surface area contributed by atoms with E-state index in [-0.39, 0.29) is 12.0 Å². The zero-order chi connectivity index (χ0) is 31.6. The van der Waals surface area contributed by atoms with Gasteiger partial charge >= 0.3 is 0 Å². The highest BCUT2D eigenvalue weighted by atomic mass is 16.5. The summed E-state index contributed by atoms with van der Waals surface area (Å²) in [6.45, 7) is 0. The molecule has 3 heterocycles. The van der Waals surface area contributed by atoms with Gasteiger partial charge in [0, 0.05) is 39.4 Å². The predicted molar refractivity (Wildman–Crippen MR) is 197 cm³/mol. The monoisotopic (exact) mass is 614 g/mol. The van der Waals surface area contributed by atoms with E-state index >= 15 is 0 Å². The van der Waals surface area contributed by atoms with Crippen molar-refractivity contribution in [2.24, 2.45) is 0 Å². The van der Waals surface area contributed by atoms with E-state index in [0.717, 1.165) is 39.6 Å². The molecule has 0 amide bonds. The van der Waals surface area contributed by atoms with Crippen LogP contribution in [0.1, 0.15) is 17.0 Å². The summed E-state index contributed by atoms with van der Waals surface area (Å²) in [4.78, 5) is 7.55. The molecule has 3 aliphatic rings. The Morgan fingerprint density at radius 3 is 2.25 bits per heavy atom. The molecule has 226 valence electrons. The molecule has 1 aliphatic carbocycles. The third-order valence-corrected chi connectivity index (χ3v) is 9.98. The van der Waals surface area contributed by atoms with E-state index in [9.17, 15) is 0 Å². The van der Waals surface area contributed by atoms with E-state index in [1.54, 1.807) is 0 Å². The lowest BCUT2D eigenvalue weighted by atomic mass is 9.85. The molecule has 3 heteroatoms. The fourth-order valence-electron chi connectivity index (χ4n) is 7.77. The highest BCUT2D eigenvalue weighted by Crippen LogP contribution is 2.51. The number of anilines is 2. The average Bonchev–Trinajstić information content (AvgIpc) is 3.49. The zero-order valence-electron chi connectivity index (χ0n) is 26.1. The van der Waals surface area contributed by atoms with Gasteiger partial charge in [0.2, 0.25) is 0 Å². The van der Waals surface area contributed by atoms with Crippen molar-refractivity contribution in [2.75, 3.05) is 4.90 Å². The molecule has 10 rings (SSSR count). The number of para-hydroxylation sites is 1. The van der Waals surface area contributed by atoms with E-state index in [2.05, 4.69) is 169 Å². The quantitative estimate of drug-likeness (QED) is 0.197. The van der Waals surface area contributed by atoms with Crippen LogP contribution in [0.15, 0.2) is 170 Å². The molecule has 0 spiro atoms. The molecule has 2 atom stereocenters. The van der Waals surface area contributed by atoms with E-state index in [0.29, 0.717) is 0 Å². The largest absolute Gasteiger partial charge is 0.456 e. The summed E-state index contributed by atoms with van der Waals surface area (Å²) >= 11 is 0. The Labute approximate surface area is 279 Å². The maximum absolute atomic E-state index is 6.39. The summed E-state index contributed by atoms with van der Waals surface area (Å²) in [5, 5.41) is 2.38. The molecule has 0 saturated heterocycles. The lowest BCUT2D eigenvalue weighted by Crippen LogP contribution is -2.29. The maximum Gasteiger partial charge on any atom is 0.135 e. The smallest absolute Gasteiger partial charge is 0.135 e. The summed E-state index contributed by atoms with van der Waals surface area (Å²) in [5.41, 5.74) is 12.7. The van der Waals surface area contributed by atoms with Crippen LogP contribution in [-0.4, -0.2) is 11.0 Å².